The van der Waals surface area contributed by atoms with Crippen molar-refractivity contribution in [1.29, 1.82) is 0 Å². The van der Waals surface area contributed by atoms with Crippen LogP contribution in [0.1, 0.15) is 12.0 Å². The number of carbonyl (C=O) groups excluding carboxylic acids is 1. The molecule has 0 aliphatic carbocycles. The highest BCUT2D eigenvalue weighted by Gasteiger charge is 2.30. The first-order valence-electron chi connectivity index (χ1n) is 6.46. The monoisotopic (exact) mass is 313 g/mol. The summed E-state index contributed by atoms with van der Waals surface area (Å²) in [4.78, 5) is 11.7. The Morgan fingerprint density at radius 1 is 1.32 bits per heavy atom. The summed E-state index contributed by atoms with van der Waals surface area (Å²) in [6.07, 6.45) is -1.01. The van der Waals surface area contributed by atoms with Gasteiger partial charge < -0.3 is 10.1 Å². The van der Waals surface area contributed by atoms with Crippen molar-refractivity contribution in [2.24, 2.45) is 0 Å². The number of hydrogen-bond acceptors (Lipinski definition) is 3. The van der Waals surface area contributed by atoms with Gasteiger partial charge in [0, 0.05) is 24.8 Å². The molecule has 118 valence electrons. The van der Waals surface area contributed by atoms with Gasteiger partial charge in [-0.15, -0.1) is 13.2 Å². The van der Waals surface area contributed by atoms with E-state index in [1.165, 1.54) is 12.1 Å². The summed E-state index contributed by atoms with van der Waals surface area (Å²) < 4.78 is 41.4. The van der Waals surface area contributed by atoms with Crippen molar-refractivity contribution < 1.29 is 22.7 Å². The lowest BCUT2D eigenvalue weighted by Gasteiger charge is -2.10. The lowest BCUT2D eigenvalue weighted by molar-refractivity contribution is -0.274. The van der Waals surface area contributed by atoms with E-state index in [0.29, 0.717) is 12.2 Å². The maximum atomic E-state index is 12.0. The van der Waals surface area contributed by atoms with Crippen molar-refractivity contribution in [1.82, 2.24) is 9.78 Å². The van der Waals surface area contributed by atoms with Crippen LogP contribution in [0.3, 0.4) is 0 Å². The molecule has 8 heteroatoms. The Morgan fingerprint density at radius 3 is 2.55 bits per heavy atom. The molecule has 5 nitrogen and oxygen atoms in total. The molecule has 0 saturated carbocycles. The summed E-state index contributed by atoms with van der Waals surface area (Å²) in [5, 5.41) is 6.65. The topological polar surface area (TPSA) is 56.2 Å². The Morgan fingerprint density at radius 2 is 2.00 bits per heavy atom. The standard InChI is InChI=1S/C14H14F3N3O2/c1-10-8-18-20(9-10)7-6-13(21)19-11-2-4-12(5-3-11)22-14(15,16)17/h2-5,8-9H,6-7H2,1H3,(H,19,21). The Bertz CT molecular complexity index is 636. The third kappa shape index (κ3) is 5.12. The van der Waals surface area contributed by atoms with Crippen LogP contribution in [0.15, 0.2) is 36.7 Å². The fourth-order valence-electron chi connectivity index (χ4n) is 1.77. The Kier molecular flexibility index (Phi) is 4.69. The lowest BCUT2D eigenvalue weighted by Crippen LogP contribution is -2.17. The Labute approximate surface area is 124 Å². The molecule has 2 rings (SSSR count). The van der Waals surface area contributed by atoms with Crippen molar-refractivity contribution in [3.8, 4) is 5.75 Å². The summed E-state index contributed by atoms with van der Waals surface area (Å²) in [5.41, 5.74) is 1.40. The number of nitrogens with zero attached hydrogens (tertiary/aromatic N) is 2. The molecule has 1 heterocycles. The smallest absolute Gasteiger partial charge is 0.406 e. The molecule has 0 bridgehead atoms. The lowest BCUT2D eigenvalue weighted by atomic mass is 10.3. The molecule has 0 fully saturated rings. The first-order valence-corrected chi connectivity index (χ1v) is 6.46. The second-order valence-electron chi connectivity index (χ2n) is 4.65. The minimum absolute atomic E-state index is 0.210. The molecule has 0 atom stereocenters. The van der Waals surface area contributed by atoms with Gasteiger partial charge in [-0.25, -0.2) is 0 Å². The van der Waals surface area contributed by atoms with E-state index in [1.54, 1.807) is 10.9 Å². The summed E-state index contributed by atoms with van der Waals surface area (Å²) in [7, 11) is 0. The predicted octanol–water partition coefficient (Wildman–Crippen LogP) is 3.12. The van der Waals surface area contributed by atoms with Crippen LogP contribution in [-0.4, -0.2) is 22.1 Å². The molecule has 0 spiro atoms. The quantitative estimate of drug-likeness (QED) is 0.922. The number of benzene rings is 1. The van der Waals surface area contributed by atoms with Gasteiger partial charge in [0.15, 0.2) is 0 Å². The van der Waals surface area contributed by atoms with Gasteiger partial charge >= 0.3 is 6.36 Å². The van der Waals surface area contributed by atoms with E-state index in [1.807, 2.05) is 13.1 Å². The van der Waals surface area contributed by atoms with Crippen LogP contribution < -0.4 is 10.1 Å². The summed E-state index contributed by atoms with van der Waals surface area (Å²) in [5.74, 6) is -0.588. The van der Waals surface area contributed by atoms with Crippen LogP contribution in [0, 0.1) is 6.92 Å². The van der Waals surface area contributed by atoms with Crippen LogP contribution in [0.2, 0.25) is 0 Å². The van der Waals surface area contributed by atoms with Crippen LogP contribution >= 0.6 is 0 Å². The zero-order chi connectivity index (χ0) is 16.2. The van der Waals surface area contributed by atoms with Gasteiger partial charge in [0.2, 0.25) is 5.91 Å². The highest BCUT2D eigenvalue weighted by molar-refractivity contribution is 5.90. The molecular formula is C14H14F3N3O2. The normalized spacial score (nSPS) is 11.3. The van der Waals surface area contributed by atoms with Crippen LogP contribution in [0.25, 0.3) is 0 Å². The largest absolute Gasteiger partial charge is 0.573 e. The average Bonchev–Trinajstić information content (AvgIpc) is 2.83. The fraction of sp³-hybridized carbons (Fsp3) is 0.286. The zero-order valence-corrected chi connectivity index (χ0v) is 11.7. The third-order valence-electron chi connectivity index (χ3n) is 2.70. The summed E-state index contributed by atoms with van der Waals surface area (Å²) >= 11 is 0. The number of rotatable bonds is 5. The molecule has 22 heavy (non-hydrogen) atoms. The number of halogens is 3. The summed E-state index contributed by atoms with van der Waals surface area (Å²) in [6, 6.07) is 4.97. The van der Waals surface area contributed by atoms with Crippen molar-refractivity contribution in [3.05, 3.63) is 42.2 Å². The van der Waals surface area contributed by atoms with Gasteiger partial charge in [0.05, 0.1) is 6.20 Å². The van der Waals surface area contributed by atoms with Gasteiger partial charge in [0.1, 0.15) is 5.75 Å². The molecule has 0 radical (unpaired) electrons. The van der Waals surface area contributed by atoms with Crippen LogP contribution in [0.5, 0.6) is 5.75 Å². The Hall–Kier alpha value is -2.51. The average molecular weight is 313 g/mol. The summed E-state index contributed by atoms with van der Waals surface area (Å²) in [6.45, 7) is 2.32. The van der Waals surface area contributed by atoms with Crippen LogP contribution in [0.4, 0.5) is 18.9 Å². The molecule has 1 aromatic carbocycles. The van der Waals surface area contributed by atoms with E-state index >= 15 is 0 Å². The SMILES string of the molecule is Cc1cnn(CCC(=O)Nc2ccc(OC(F)(F)F)cc2)c1. The molecule has 0 unspecified atom stereocenters. The highest BCUT2D eigenvalue weighted by Crippen LogP contribution is 2.23. The first-order chi connectivity index (χ1) is 10.3. The van der Waals surface area contributed by atoms with Gasteiger partial charge in [0.25, 0.3) is 0 Å². The third-order valence-corrected chi connectivity index (χ3v) is 2.70. The molecule has 1 N–H and O–H groups in total. The van der Waals surface area contributed by atoms with Crippen molar-refractivity contribution in [3.63, 3.8) is 0 Å². The second kappa shape index (κ2) is 6.50. The van der Waals surface area contributed by atoms with E-state index in [9.17, 15) is 18.0 Å². The molecule has 0 saturated heterocycles. The predicted molar refractivity (Wildman–Crippen MR) is 73.3 cm³/mol. The van der Waals surface area contributed by atoms with Crippen molar-refractivity contribution in [2.45, 2.75) is 26.3 Å². The number of alkyl halides is 3. The fourth-order valence-corrected chi connectivity index (χ4v) is 1.77. The van der Waals surface area contributed by atoms with E-state index in [2.05, 4.69) is 15.2 Å². The maximum Gasteiger partial charge on any atom is 0.573 e. The van der Waals surface area contributed by atoms with Gasteiger partial charge in [-0.2, -0.15) is 5.10 Å². The van der Waals surface area contributed by atoms with Gasteiger partial charge in [-0.05, 0) is 36.8 Å². The second-order valence-corrected chi connectivity index (χ2v) is 4.65. The zero-order valence-electron chi connectivity index (χ0n) is 11.7. The first kappa shape index (κ1) is 15.9. The molecule has 0 aliphatic heterocycles. The molecule has 0 aliphatic rings. The van der Waals surface area contributed by atoms with Crippen LogP contribution in [-0.2, 0) is 11.3 Å². The van der Waals surface area contributed by atoms with E-state index in [-0.39, 0.29) is 18.1 Å². The number of anilines is 1. The molecule has 1 amide bonds. The van der Waals surface area contributed by atoms with E-state index in [4.69, 9.17) is 0 Å². The minimum atomic E-state index is -4.73. The number of ether oxygens (including phenoxy) is 1. The number of amides is 1. The molecule has 1 aromatic heterocycles. The molecular weight excluding hydrogens is 299 g/mol. The Balaban J connectivity index is 1.83. The number of aryl methyl sites for hydroxylation is 2. The van der Waals surface area contributed by atoms with Crippen molar-refractivity contribution in [2.75, 3.05) is 5.32 Å². The van der Waals surface area contributed by atoms with E-state index < -0.39 is 6.36 Å². The van der Waals surface area contributed by atoms with Gasteiger partial charge in [-0.3, -0.25) is 9.48 Å². The van der Waals surface area contributed by atoms with Gasteiger partial charge in [-0.1, -0.05) is 0 Å². The number of carbonyl (C=O) groups is 1. The minimum Gasteiger partial charge on any atom is -0.406 e. The maximum absolute atomic E-state index is 12.0. The highest BCUT2D eigenvalue weighted by atomic mass is 19.4. The van der Waals surface area contributed by atoms with Crippen molar-refractivity contribution >= 4 is 11.6 Å². The number of nitrogens with one attached hydrogen (secondary N) is 1. The number of hydrogen-bond donors (Lipinski definition) is 1. The number of aromatic nitrogens is 2. The molecule has 2 aromatic rings. The van der Waals surface area contributed by atoms with E-state index in [0.717, 1.165) is 17.7 Å².